The third-order valence-electron chi connectivity index (χ3n) is 6.84. The minimum absolute atomic E-state index is 0.156. The number of hydrogen-bond donors (Lipinski definition) is 0. The van der Waals surface area contributed by atoms with Crippen LogP contribution in [-0.2, 0) is 24.4 Å². The Labute approximate surface area is 227 Å². The van der Waals surface area contributed by atoms with Crippen LogP contribution in [0.4, 0.5) is 5.82 Å². The summed E-state index contributed by atoms with van der Waals surface area (Å²) in [6, 6.07) is 20.9. The van der Waals surface area contributed by atoms with Gasteiger partial charge in [-0.25, -0.2) is 9.78 Å². The number of methoxy groups -OCH3 is 1. The van der Waals surface area contributed by atoms with E-state index in [0.29, 0.717) is 5.56 Å². The zero-order chi connectivity index (χ0) is 26.9. The average Bonchev–Trinajstić information content (AvgIpc) is 2.94. The molecule has 4 rings (SSSR count). The highest BCUT2D eigenvalue weighted by Gasteiger charge is 2.23. The first-order valence-electron chi connectivity index (χ1n) is 13.5. The van der Waals surface area contributed by atoms with Crippen LogP contribution < -0.4 is 9.64 Å². The summed E-state index contributed by atoms with van der Waals surface area (Å²) >= 11 is 0. The molecule has 0 spiro atoms. The minimum Gasteiger partial charge on any atom is -0.497 e. The van der Waals surface area contributed by atoms with E-state index in [1.54, 1.807) is 25.4 Å². The fourth-order valence-electron chi connectivity index (χ4n) is 4.78. The van der Waals surface area contributed by atoms with E-state index in [2.05, 4.69) is 63.0 Å². The van der Waals surface area contributed by atoms with Crippen LogP contribution in [0.25, 0.3) is 0 Å². The molecule has 1 fully saturated rings. The molecule has 0 N–H and O–H groups in total. The van der Waals surface area contributed by atoms with E-state index in [0.717, 1.165) is 63.9 Å². The molecule has 1 aliphatic rings. The van der Waals surface area contributed by atoms with E-state index in [1.165, 1.54) is 16.7 Å². The van der Waals surface area contributed by atoms with Crippen LogP contribution in [0.5, 0.6) is 5.75 Å². The van der Waals surface area contributed by atoms with Gasteiger partial charge in [-0.05, 0) is 61.3 Å². The van der Waals surface area contributed by atoms with Gasteiger partial charge in [-0.1, -0.05) is 43.3 Å². The first-order chi connectivity index (χ1) is 18.4. The molecule has 0 saturated carbocycles. The lowest BCUT2D eigenvalue weighted by Crippen LogP contribution is -2.46. The zero-order valence-electron chi connectivity index (χ0n) is 23.1. The number of piperazine rings is 1. The molecule has 202 valence electrons. The minimum atomic E-state index is -0.309. The summed E-state index contributed by atoms with van der Waals surface area (Å²) in [5.74, 6) is 1.31. The maximum absolute atomic E-state index is 12.5. The van der Waals surface area contributed by atoms with E-state index in [-0.39, 0.29) is 12.1 Å². The molecule has 2 aromatic carbocycles. The normalized spacial score (nSPS) is 14.2. The Balaban J connectivity index is 1.29. The van der Waals surface area contributed by atoms with Crippen LogP contribution in [0.2, 0.25) is 0 Å². The van der Waals surface area contributed by atoms with E-state index >= 15 is 0 Å². The molecule has 0 atom stereocenters. The molecule has 7 heteroatoms. The first-order valence-corrected chi connectivity index (χ1v) is 13.5. The third kappa shape index (κ3) is 7.55. The van der Waals surface area contributed by atoms with E-state index in [4.69, 9.17) is 9.47 Å². The summed E-state index contributed by atoms with van der Waals surface area (Å²) in [5.41, 5.74) is 4.44. The van der Waals surface area contributed by atoms with Crippen LogP contribution in [-0.4, -0.2) is 66.7 Å². The van der Waals surface area contributed by atoms with Gasteiger partial charge in [0.1, 0.15) is 17.1 Å². The average molecular weight is 517 g/mol. The molecule has 1 aromatic heterocycles. The number of rotatable bonds is 11. The molecule has 1 aliphatic heterocycles. The second-order valence-corrected chi connectivity index (χ2v) is 10.1. The highest BCUT2D eigenvalue weighted by Crippen LogP contribution is 2.22. The van der Waals surface area contributed by atoms with Crippen molar-refractivity contribution < 1.29 is 14.3 Å². The number of nitrogens with zero attached hydrogens (tertiary/aromatic N) is 4. The van der Waals surface area contributed by atoms with Crippen molar-refractivity contribution in [3.63, 3.8) is 0 Å². The maximum atomic E-state index is 12.5. The number of esters is 1. The molecule has 0 bridgehead atoms. The summed E-state index contributed by atoms with van der Waals surface area (Å²) in [7, 11) is 1.71. The highest BCUT2D eigenvalue weighted by molar-refractivity contribution is 5.94. The number of carbonyl (C=O) groups excluding carboxylic acids is 1. The molecular weight excluding hydrogens is 476 g/mol. The van der Waals surface area contributed by atoms with Crippen LogP contribution in [0.3, 0.4) is 0 Å². The SMILES string of the molecule is CCN(Cc1ccc(CN2CCN(c3ncccc3C(=O)OC(C)C)CC2)cc1)Cc1cccc(OC)c1. The Kier molecular flexibility index (Phi) is 9.73. The van der Waals surface area contributed by atoms with Crippen LogP contribution in [0.1, 0.15) is 47.8 Å². The number of ether oxygens (including phenoxy) is 2. The maximum Gasteiger partial charge on any atom is 0.342 e. The third-order valence-corrected chi connectivity index (χ3v) is 6.84. The van der Waals surface area contributed by atoms with Gasteiger partial charge in [-0.15, -0.1) is 0 Å². The summed E-state index contributed by atoms with van der Waals surface area (Å²) < 4.78 is 10.8. The van der Waals surface area contributed by atoms with Crippen molar-refractivity contribution in [3.8, 4) is 5.75 Å². The predicted molar refractivity (Wildman–Crippen MR) is 152 cm³/mol. The van der Waals surface area contributed by atoms with Crippen molar-refractivity contribution in [1.82, 2.24) is 14.8 Å². The molecule has 0 aliphatic carbocycles. The van der Waals surface area contributed by atoms with Gasteiger partial charge in [0.05, 0.1) is 13.2 Å². The van der Waals surface area contributed by atoms with Crippen molar-refractivity contribution in [1.29, 1.82) is 0 Å². The van der Waals surface area contributed by atoms with Gasteiger partial charge in [0.25, 0.3) is 0 Å². The Hall–Kier alpha value is -3.42. The van der Waals surface area contributed by atoms with Crippen LogP contribution >= 0.6 is 0 Å². The second-order valence-electron chi connectivity index (χ2n) is 10.1. The van der Waals surface area contributed by atoms with Crippen molar-refractivity contribution >= 4 is 11.8 Å². The van der Waals surface area contributed by atoms with Gasteiger partial charge in [0.2, 0.25) is 0 Å². The monoisotopic (exact) mass is 516 g/mol. The Morgan fingerprint density at radius 2 is 1.66 bits per heavy atom. The second kappa shape index (κ2) is 13.4. The molecule has 38 heavy (non-hydrogen) atoms. The number of benzene rings is 2. The topological polar surface area (TPSA) is 58.1 Å². The van der Waals surface area contributed by atoms with Crippen molar-refractivity contribution in [2.45, 2.75) is 46.5 Å². The lowest BCUT2D eigenvalue weighted by molar-refractivity contribution is 0.0378. The van der Waals surface area contributed by atoms with Gasteiger partial charge >= 0.3 is 5.97 Å². The summed E-state index contributed by atoms with van der Waals surface area (Å²) in [4.78, 5) is 24.1. The molecule has 0 radical (unpaired) electrons. The number of anilines is 1. The highest BCUT2D eigenvalue weighted by atomic mass is 16.5. The first kappa shape index (κ1) is 27.6. The van der Waals surface area contributed by atoms with Gasteiger partial charge in [-0.3, -0.25) is 9.80 Å². The van der Waals surface area contributed by atoms with Crippen molar-refractivity contribution in [3.05, 3.63) is 89.1 Å². The Bertz CT molecular complexity index is 1170. The number of aromatic nitrogens is 1. The Morgan fingerprint density at radius 1 is 0.947 bits per heavy atom. The molecule has 2 heterocycles. The quantitative estimate of drug-likeness (QED) is 0.333. The van der Waals surface area contributed by atoms with Crippen LogP contribution in [0, 0.1) is 0 Å². The largest absolute Gasteiger partial charge is 0.497 e. The number of hydrogen-bond acceptors (Lipinski definition) is 7. The van der Waals surface area contributed by atoms with Gasteiger partial charge < -0.3 is 14.4 Å². The fourth-order valence-corrected chi connectivity index (χ4v) is 4.78. The molecular formula is C31H40N4O3. The molecule has 0 amide bonds. The van der Waals surface area contributed by atoms with Crippen LogP contribution in [0.15, 0.2) is 66.9 Å². The molecule has 1 saturated heterocycles. The van der Waals surface area contributed by atoms with E-state index in [1.807, 2.05) is 26.0 Å². The zero-order valence-corrected chi connectivity index (χ0v) is 23.1. The number of pyridine rings is 1. The summed E-state index contributed by atoms with van der Waals surface area (Å²) in [6.07, 6.45) is 1.59. The van der Waals surface area contributed by atoms with Crippen molar-refractivity contribution in [2.75, 3.05) is 44.7 Å². The van der Waals surface area contributed by atoms with Gasteiger partial charge in [-0.2, -0.15) is 0 Å². The molecule has 3 aromatic rings. The smallest absolute Gasteiger partial charge is 0.342 e. The molecule has 7 nitrogen and oxygen atoms in total. The standard InChI is InChI=1S/C31H40N4O3/c1-5-33(23-27-8-6-9-28(20-27)37-4)21-25-11-13-26(14-12-25)22-34-16-18-35(19-17-34)30-29(10-7-15-32-30)31(36)38-24(2)3/h6-15,20,24H,5,16-19,21-23H2,1-4H3. The van der Waals surface area contributed by atoms with E-state index in [9.17, 15) is 4.79 Å². The van der Waals surface area contributed by atoms with Gasteiger partial charge in [0.15, 0.2) is 0 Å². The number of carbonyl (C=O) groups is 1. The van der Waals surface area contributed by atoms with Crippen molar-refractivity contribution in [2.24, 2.45) is 0 Å². The summed E-state index contributed by atoms with van der Waals surface area (Å²) in [5, 5.41) is 0. The lowest BCUT2D eigenvalue weighted by atomic mass is 10.1. The molecule has 0 unspecified atom stereocenters. The van der Waals surface area contributed by atoms with Gasteiger partial charge in [0, 0.05) is 52.0 Å². The lowest BCUT2D eigenvalue weighted by Gasteiger charge is -2.36. The predicted octanol–water partition coefficient (Wildman–Crippen LogP) is 5.00. The summed E-state index contributed by atoms with van der Waals surface area (Å²) in [6.45, 7) is 13.1. The van der Waals surface area contributed by atoms with E-state index < -0.39 is 0 Å². The Morgan fingerprint density at radius 3 is 2.34 bits per heavy atom. The fraction of sp³-hybridized carbons (Fsp3) is 0.419.